The maximum absolute atomic E-state index is 12.9. The zero-order chi connectivity index (χ0) is 24.1. The van der Waals surface area contributed by atoms with E-state index in [1.807, 2.05) is 33.8 Å². The SMILES string of the molecule is Cc1c(C(=O)OC(C)(C)C)ccc2c1CC[C@H]2NC(=O)c1cc(C(=O)O)n2[nH]c(=O)cc2n1. The third-order valence-electron chi connectivity index (χ3n) is 5.53. The minimum atomic E-state index is -1.31. The molecule has 3 aromatic rings. The summed E-state index contributed by atoms with van der Waals surface area (Å²) >= 11 is 0. The van der Waals surface area contributed by atoms with Gasteiger partial charge in [-0.3, -0.25) is 14.7 Å². The Balaban J connectivity index is 1.61. The average Bonchev–Trinajstić information content (AvgIpc) is 3.28. The first-order valence-corrected chi connectivity index (χ1v) is 10.5. The summed E-state index contributed by atoms with van der Waals surface area (Å²) in [6.45, 7) is 7.29. The Morgan fingerprint density at radius 1 is 1.24 bits per heavy atom. The van der Waals surface area contributed by atoms with E-state index >= 15 is 0 Å². The molecule has 10 nitrogen and oxygen atoms in total. The predicted octanol–water partition coefficient (Wildman–Crippen LogP) is 2.40. The molecule has 0 aliphatic heterocycles. The van der Waals surface area contributed by atoms with Crippen LogP contribution in [0.2, 0.25) is 0 Å². The predicted molar refractivity (Wildman–Crippen MR) is 118 cm³/mol. The number of hydrogen-bond donors (Lipinski definition) is 3. The Bertz CT molecular complexity index is 1360. The number of H-pyrrole nitrogens is 1. The number of nitrogens with zero attached hydrogens (tertiary/aromatic N) is 2. The third-order valence-corrected chi connectivity index (χ3v) is 5.53. The molecule has 2 aromatic heterocycles. The molecule has 0 saturated heterocycles. The highest BCUT2D eigenvalue weighted by Crippen LogP contribution is 2.35. The summed E-state index contributed by atoms with van der Waals surface area (Å²) in [5.74, 6) is -2.25. The van der Waals surface area contributed by atoms with Crippen molar-refractivity contribution in [1.82, 2.24) is 19.9 Å². The normalized spacial score (nSPS) is 15.3. The molecule has 3 N–H and O–H groups in total. The molecular formula is C23H24N4O6. The molecule has 10 heteroatoms. The maximum atomic E-state index is 12.9. The van der Waals surface area contributed by atoms with Crippen molar-refractivity contribution in [3.63, 3.8) is 0 Å². The minimum absolute atomic E-state index is 0.0368. The lowest BCUT2D eigenvalue weighted by molar-refractivity contribution is 0.00682. The Labute approximate surface area is 188 Å². The first-order valence-electron chi connectivity index (χ1n) is 10.5. The zero-order valence-corrected chi connectivity index (χ0v) is 18.7. The topological polar surface area (TPSA) is 143 Å². The van der Waals surface area contributed by atoms with Gasteiger partial charge in [0.25, 0.3) is 11.5 Å². The van der Waals surface area contributed by atoms with Gasteiger partial charge < -0.3 is 15.2 Å². The van der Waals surface area contributed by atoms with Crippen LogP contribution in [0.5, 0.6) is 0 Å². The summed E-state index contributed by atoms with van der Waals surface area (Å²) in [4.78, 5) is 52.8. The number of carboxylic acid groups (broad SMARTS) is 1. The fraction of sp³-hybridized carbons (Fsp3) is 0.348. The lowest BCUT2D eigenvalue weighted by Gasteiger charge is -2.21. The molecule has 1 amide bonds. The second kappa shape index (κ2) is 7.88. The largest absolute Gasteiger partial charge is 0.477 e. The smallest absolute Gasteiger partial charge is 0.354 e. The number of aromatic nitrogens is 3. The van der Waals surface area contributed by atoms with Gasteiger partial charge in [-0.1, -0.05) is 6.07 Å². The Morgan fingerprint density at radius 3 is 2.64 bits per heavy atom. The molecule has 0 spiro atoms. The van der Waals surface area contributed by atoms with Crippen LogP contribution < -0.4 is 10.9 Å². The van der Waals surface area contributed by atoms with Crippen LogP contribution in [0.4, 0.5) is 0 Å². The zero-order valence-electron chi connectivity index (χ0n) is 18.7. The van der Waals surface area contributed by atoms with Crippen LogP contribution in [0, 0.1) is 6.92 Å². The number of aromatic amines is 1. The average molecular weight is 452 g/mol. The van der Waals surface area contributed by atoms with Gasteiger partial charge in [-0.25, -0.2) is 19.1 Å². The fourth-order valence-corrected chi connectivity index (χ4v) is 4.09. The number of fused-ring (bicyclic) bond motifs is 2. The van der Waals surface area contributed by atoms with E-state index in [0.29, 0.717) is 18.4 Å². The van der Waals surface area contributed by atoms with Crippen molar-refractivity contribution in [3.05, 3.63) is 68.3 Å². The van der Waals surface area contributed by atoms with Crippen molar-refractivity contribution in [2.45, 2.75) is 52.2 Å². The van der Waals surface area contributed by atoms with Gasteiger partial charge in [0, 0.05) is 12.1 Å². The van der Waals surface area contributed by atoms with Crippen LogP contribution in [0.1, 0.15) is 81.3 Å². The molecular weight excluding hydrogens is 428 g/mol. The van der Waals surface area contributed by atoms with Crippen LogP contribution in [0.25, 0.3) is 5.65 Å². The van der Waals surface area contributed by atoms with Gasteiger partial charge in [0.2, 0.25) is 0 Å². The summed E-state index contributed by atoms with van der Waals surface area (Å²) in [7, 11) is 0. The van der Waals surface area contributed by atoms with Crippen LogP contribution in [-0.4, -0.2) is 43.2 Å². The van der Waals surface area contributed by atoms with Crippen molar-refractivity contribution in [1.29, 1.82) is 0 Å². The number of rotatable bonds is 4. The van der Waals surface area contributed by atoms with E-state index in [2.05, 4.69) is 15.4 Å². The van der Waals surface area contributed by atoms with Crippen molar-refractivity contribution >= 4 is 23.5 Å². The highest BCUT2D eigenvalue weighted by atomic mass is 16.6. The Morgan fingerprint density at radius 2 is 1.97 bits per heavy atom. The van der Waals surface area contributed by atoms with Crippen LogP contribution in [0.15, 0.2) is 29.1 Å². The quantitative estimate of drug-likeness (QED) is 0.516. The Hall–Kier alpha value is -3.95. The van der Waals surface area contributed by atoms with Gasteiger partial charge >= 0.3 is 11.9 Å². The van der Waals surface area contributed by atoms with Crippen molar-refractivity contribution in [2.75, 3.05) is 0 Å². The van der Waals surface area contributed by atoms with Gasteiger partial charge in [0.15, 0.2) is 11.3 Å². The summed E-state index contributed by atoms with van der Waals surface area (Å²) in [5.41, 5.74) is 1.70. The molecule has 0 bridgehead atoms. The lowest BCUT2D eigenvalue weighted by atomic mass is 9.97. The molecule has 1 aliphatic carbocycles. The number of carboxylic acids is 1. The second-order valence-electron chi connectivity index (χ2n) is 9.02. The number of nitrogens with one attached hydrogen (secondary N) is 2. The minimum Gasteiger partial charge on any atom is -0.477 e. The van der Waals surface area contributed by atoms with Crippen molar-refractivity contribution < 1.29 is 24.2 Å². The number of amides is 1. The summed E-state index contributed by atoms with van der Waals surface area (Å²) in [6.07, 6.45) is 1.29. The number of benzene rings is 1. The number of esters is 1. The van der Waals surface area contributed by atoms with E-state index in [0.717, 1.165) is 33.3 Å². The lowest BCUT2D eigenvalue weighted by Crippen LogP contribution is -2.29. The number of hydrogen-bond acceptors (Lipinski definition) is 6. The van der Waals surface area contributed by atoms with E-state index in [-0.39, 0.29) is 23.1 Å². The molecule has 172 valence electrons. The van der Waals surface area contributed by atoms with Gasteiger partial charge in [0.05, 0.1) is 11.6 Å². The van der Waals surface area contributed by atoms with Gasteiger partial charge in [-0.15, -0.1) is 0 Å². The molecule has 33 heavy (non-hydrogen) atoms. The van der Waals surface area contributed by atoms with E-state index in [1.54, 1.807) is 6.07 Å². The first-order chi connectivity index (χ1) is 15.4. The first kappa shape index (κ1) is 22.3. The summed E-state index contributed by atoms with van der Waals surface area (Å²) in [5, 5.41) is 14.7. The molecule has 0 saturated carbocycles. The molecule has 1 aliphatic rings. The molecule has 2 heterocycles. The number of aromatic carboxylic acids is 1. The van der Waals surface area contributed by atoms with Crippen molar-refractivity contribution in [2.24, 2.45) is 0 Å². The molecule has 1 atom stereocenters. The highest BCUT2D eigenvalue weighted by Gasteiger charge is 2.29. The van der Waals surface area contributed by atoms with E-state index in [4.69, 9.17) is 4.74 Å². The molecule has 4 rings (SSSR count). The van der Waals surface area contributed by atoms with Crippen LogP contribution >= 0.6 is 0 Å². The molecule has 1 aromatic carbocycles. The van der Waals surface area contributed by atoms with Gasteiger partial charge in [-0.2, -0.15) is 0 Å². The summed E-state index contributed by atoms with van der Waals surface area (Å²) < 4.78 is 6.51. The molecule has 0 unspecified atom stereocenters. The fourth-order valence-electron chi connectivity index (χ4n) is 4.09. The van der Waals surface area contributed by atoms with Crippen LogP contribution in [-0.2, 0) is 11.2 Å². The van der Waals surface area contributed by atoms with E-state index in [9.17, 15) is 24.3 Å². The van der Waals surface area contributed by atoms with Crippen LogP contribution in [0.3, 0.4) is 0 Å². The maximum Gasteiger partial charge on any atom is 0.354 e. The van der Waals surface area contributed by atoms with Gasteiger partial charge in [0.1, 0.15) is 11.3 Å². The van der Waals surface area contributed by atoms with E-state index in [1.165, 1.54) is 0 Å². The highest BCUT2D eigenvalue weighted by molar-refractivity contribution is 5.96. The Kier molecular flexibility index (Phi) is 5.31. The molecule has 0 fully saturated rings. The monoisotopic (exact) mass is 452 g/mol. The number of carbonyl (C=O) groups is 3. The van der Waals surface area contributed by atoms with Gasteiger partial charge in [-0.05, 0) is 63.3 Å². The molecule has 0 radical (unpaired) electrons. The number of carbonyl (C=O) groups excluding carboxylic acids is 2. The number of ether oxygens (including phenoxy) is 1. The third kappa shape index (κ3) is 4.23. The second-order valence-corrected chi connectivity index (χ2v) is 9.02. The van der Waals surface area contributed by atoms with E-state index < -0.39 is 29.0 Å². The van der Waals surface area contributed by atoms with Crippen molar-refractivity contribution in [3.8, 4) is 0 Å². The summed E-state index contributed by atoms with van der Waals surface area (Å²) in [6, 6.07) is 5.43. The standard InChI is InChI=1S/C23H24N4O6/c1-11-12-7-8-15(14(12)6-5-13(11)22(32)33-23(2,3)4)25-20(29)16-9-17(21(30)31)27-18(24-16)10-19(28)26-27/h5-6,9-10,15H,7-8H2,1-4H3,(H,25,29)(H,26,28)(H,30,31)/t15-/m1/s1.